The molecule has 0 aliphatic heterocycles. The zero-order valence-corrected chi connectivity index (χ0v) is 70.1. The molecule has 0 saturated carbocycles. The first kappa shape index (κ1) is 102. The summed E-state index contributed by atoms with van der Waals surface area (Å²) in [7, 11) is -9.91. The number of aliphatic hydroxyl groups is 1. The third-order valence-corrected chi connectivity index (χ3v) is 22.6. The van der Waals surface area contributed by atoms with Gasteiger partial charge in [0, 0.05) is 25.7 Å². The second kappa shape index (κ2) is 76.4. The molecule has 4 unspecified atom stereocenters. The van der Waals surface area contributed by atoms with Gasteiger partial charge in [0.05, 0.1) is 26.4 Å². The molecule has 0 rings (SSSR count). The first-order chi connectivity index (χ1) is 50.4. The fourth-order valence-corrected chi connectivity index (χ4v) is 14.8. The van der Waals surface area contributed by atoms with Crippen molar-refractivity contribution in [2.24, 2.45) is 11.8 Å². The van der Waals surface area contributed by atoms with Crippen molar-refractivity contribution < 1.29 is 80.2 Å². The van der Waals surface area contributed by atoms with E-state index in [0.717, 1.165) is 108 Å². The largest absolute Gasteiger partial charge is 0.472 e. The lowest BCUT2D eigenvalue weighted by Crippen LogP contribution is -2.30. The fraction of sp³-hybridized carbons (Fsp3) is 0.953. The molecule has 0 aromatic carbocycles. The molecule has 0 aromatic heterocycles. The Bertz CT molecular complexity index is 2000. The number of hydrogen-bond acceptors (Lipinski definition) is 15. The van der Waals surface area contributed by atoms with Gasteiger partial charge in [-0.2, -0.15) is 0 Å². The van der Waals surface area contributed by atoms with Crippen LogP contribution in [-0.4, -0.2) is 96.7 Å². The van der Waals surface area contributed by atoms with Crippen LogP contribution in [0.5, 0.6) is 0 Å². The molecule has 0 aliphatic carbocycles. The first-order valence-corrected chi connectivity index (χ1v) is 47.1. The third-order valence-electron chi connectivity index (χ3n) is 20.7. The van der Waals surface area contributed by atoms with Crippen molar-refractivity contribution >= 4 is 39.5 Å². The zero-order valence-electron chi connectivity index (χ0n) is 68.3. The molecule has 0 aliphatic rings. The minimum Gasteiger partial charge on any atom is -0.462 e. The molecule has 0 bridgehead atoms. The van der Waals surface area contributed by atoms with E-state index in [9.17, 15) is 43.2 Å². The molecule has 17 nitrogen and oxygen atoms in total. The Morgan fingerprint density at radius 3 is 0.683 bits per heavy atom. The van der Waals surface area contributed by atoms with Crippen molar-refractivity contribution in [1.29, 1.82) is 0 Å². The van der Waals surface area contributed by atoms with Crippen LogP contribution in [0.1, 0.15) is 452 Å². The van der Waals surface area contributed by atoms with Gasteiger partial charge in [0.15, 0.2) is 12.2 Å². The van der Waals surface area contributed by atoms with E-state index in [4.69, 9.17) is 37.0 Å². The van der Waals surface area contributed by atoms with Crippen molar-refractivity contribution in [3.05, 3.63) is 0 Å². The number of phosphoric acid groups is 2. The number of hydrogen-bond donors (Lipinski definition) is 3. The van der Waals surface area contributed by atoms with Crippen LogP contribution < -0.4 is 0 Å². The molecule has 0 amide bonds. The maximum absolute atomic E-state index is 13.1. The molecule has 0 spiro atoms. The summed E-state index contributed by atoms with van der Waals surface area (Å²) in [5, 5.41) is 10.6. The number of ether oxygens (including phenoxy) is 4. The third kappa shape index (κ3) is 75.5. The average molecular weight is 1520 g/mol. The highest BCUT2D eigenvalue weighted by molar-refractivity contribution is 7.47. The summed E-state index contributed by atoms with van der Waals surface area (Å²) >= 11 is 0. The number of unbranched alkanes of at least 4 members (excludes halogenated alkanes) is 52. The van der Waals surface area contributed by atoms with Crippen LogP contribution in [0.3, 0.4) is 0 Å². The van der Waals surface area contributed by atoms with Crippen molar-refractivity contribution in [1.82, 2.24) is 0 Å². The Kier molecular flexibility index (Phi) is 75.0. The summed E-state index contributed by atoms with van der Waals surface area (Å²) in [6.07, 6.45) is 68.5. The van der Waals surface area contributed by atoms with Crippen molar-refractivity contribution in [2.45, 2.75) is 471 Å². The predicted molar refractivity (Wildman–Crippen MR) is 428 cm³/mol. The van der Waals surface area contributed by atoms with E-state index in [1.165, 1.54) is 263 Å². The Hall–Kier alpha value is -1.94. The quantitative estimate of drug-likeness (QED) is 0.0222. The molecule has 618 valence electrons. The van der Waals surface area contributed by atoms with E-state index in [0.29, 0.717) is 25.7 Å². The van der Waals surface area contributed by atoms with Gasteiger partial charge in [-0.25, -0.2) is 9.13 Å². The molecule has 3 N–H and O–H groups in total. The molecule has 0 saturated heterocycles. The molecule has 0 fully saturated rings. The normalized spacial score (nSPS) is 14.4. The maximum atomic E-state index is 13.1. The lowest BCUT2D eigenvalue weighted by atomic mass is 9.99. The van der Waals surface area contributed by atoms with Crippen LogP contribution in [0.2, 0.25) is 0 Å². The van der Waals surface area contributed by atoms with Gasteiger partial charge in [-0.3, -0.25) is 37.3 Å². The molecular weight excluding hydrogens is 1350 g/mol. The highest BCUT2D eigenvalue weighted by Crippen LogP contribution is 2.45. The van der Waals surface area contributed by atoms with Gasteiger partial charge in [0.2, 0.25) is 0 Å². The Morgan fingerprint density at radius 2 is 0.462 bits per heavy atom. The second-order valence-electron chi connectivity index (χ2n) is 31.1. The molecular formula is C85H166O17P2. The van der Waals surface area contributed by atoms with E-state index in [2.05, 4.69) is 41.5 Å². The summed E-state index contributed by atoms with van der Waals surface area (Å²) in [4.78, 5) is 72.8. The van der Waals surface area contributed by atoms with E-state index in [1.54, 1.807) is 0 Å². The number of rotatable bonds is 84. The first-order valence-electron chi connectivity index (χ1n) is 44.1. The summed E-state index contributed by atoms with van der Waals surface area (Å²) in [5.41, 5.74) is 0. The van der Waals surface area contributed by atoms with Crippen LogP contribution in [0.4, 0.5) is 0 Å². The monoisotopic (exact) mass is 1520 g/mol. The highest BCUT2D eigenvalue weighted by atomic mass is 31.2. The molecule has 19 heteroatoms. The van der Waals surface area contributed by atoms with Gasteiger partial charge in [-0.05, 0) is 37.5 Å². The van der Waals surface area contributed by atoms with Crippen LogP contribution in [0, 0.1) is 11.8 Å². The Labute approximate surface area is 638 Å². The summed E-state index contributed by atoms with van der Waals surface area (Å²) in [5.74, 6) is -0.371. The Balaban J connectivity index is 5.10. The van der Waals surface area contributed by atoms with Gasteiger partial charge in [-0.1, -0.05) is 401 Å². The van der Waals surface area contributed by atoms with Crippen LogP contribution >= 0.6 is 15.6 Å². The van der Waals surface area contributed by atoms with Gasteiger partial charge in [-0.15, -0.1) is 0 Å². The van der Waals surface area contributed by atoms with E-state index in [1.807, 2.05) is 0 Å². The minimum atomic E-state index is -4.96. The second-order valence-corrected chi connectivity index (χ2v) is 34.0. The zero-order chi connectivity index (χ0) is 76.4. The number of esters is 4. The smallest absolute Gasteiger partial charge is 0.462 e. The standard InChI is InChI=1S/C85H166O17P2/c1-7-11-13-15-16-17-18-19-28-36-41-46-51-57-63-69-84(89)101-80(73-95-82(87)67-61-53-14-12-8-2)75-99-103(91,92)97-71-79(86)72-98-104(93,94)100-76-81(102-85(90)70-64-58-52-47-42-37-32-27-23-21-25-30-34-39-44-49-55-60-66-78(6)10-4)74-96-83(88)68-62-56-50-45-40-35-31-26-22-20-24-29-33-38-43-48-54-59-65-77(5)9-3/h77-81,86H,7-76H2,1-6H3,(H,91,92)(H,93,94)/t77?,78?,79-,80+,81+/m0/s1. The van der Waals surface area contributed by atoms with E-state index in [-0.39, 0.29) is 25.7 Å². The summed E-state index contributed by atoms with van der Waals surface area (Å²) in [6, 6.07) is 0. The lowest BCUT2D eigenvalue weighted by Gasteiger charge is -2.21. The average Bonchev–Trinajstić information content (AvgIpc) is 0.912. The number of carbonyl (C=O) groups is 4. The predicted octanol–water partition coefficient (Wildman–Crippen LogP) is 25.8. The van der Waals surface area contributed by atoms with Gasteiger partial charge in [0.25, 0.3) is 0 Å². The minimum absolute atomic E-state index is 0.107. The van der Waals surface area contributed by atoms with Crippen molar-refractivity contribution in [3.63, 3.8) is 0 Å². The lowest BCUT2D eigenvalue weighted by molar-refractivity contribution is -0.161. The van der Waals surface area contributed by atoms with Crippen molar-refractivity contribution in [2.75, 3.05) is 39.6 Å². The topological polar surface area (TPSA) is 237 Å². The molecule has 7 atom stereocenters. The fourth-order valence-electron chi connectivity index (χ4n) is 13.2. The number of phosphoric ester groups is 2. The van der Waals surface area contributed by atoms with Gasteiger partial charge >= 0.3 is 39.5 Å². The maximum Gasteiger partial charge on any atom is 0.472 e. The van der Waals surface area contributed by atoms with Gasteiger partial charge < -0.3 is 33.8 Å². The van der Waals surface area contributed by atoms with Crippen LogP contribution in [0.25, 0.3) is 0 Å². The summed E-state index contributed by atoms with van der Waals surface area (Å²) in [6.45, 7) is 9.71. The molecule has 0 heterocycles. The van der Waals surface area contributed by atoms with Crippen LogP contribution in [0.15, 0.2) is 0 Å². The molecule has 104 heavy (non-hydrogen) atoms. The van der Waals surface area contributed by atoms with Crippen molar-refractivity contribution in [3.8, 4) is 0 Å². The highest BCUT2D eigenvalue weighted by Gasteiger charge is 2.30. The van der Waals surface area contributed by atoms with Crippen LogP contribution in [-0.2, 0) is 65.4 Å². The van der Waals surface area contributed by atoms with Gasteiger partial charge in [0.1, 0.15) is 19.3 Å². The SMILES string of the molecule is CCCCCCCCCCCCCCCCCC(=O)O[C@H](COC(=O)CCCCCCC)COP(=O)(O)OC[C@H](O)COP(=O)(O)OC[C@@H](COC(=O)CCCCCCCCCCCCCCCCCCCCC(C)CC)OC(=O)CCCCCCCCCCCCCCCCCCCCC(C)CC. The summed E-state index contributed by atoms with van der Waals surface area (Å²) < 4.78 is 68.6. The van der Waals surface area contributed by atoms with E-state index >= 15 is 0 Å². The van der Waals surface area contributed by atoms with E-state index < -0.39 is 97.5 Å². The molecule has 0 aromatic rings. The number of carbonyl (C=O) groups excluding carboxylic acids is 4. The Morgan fingerprint density at radius 1 is 0.269 bits per heavy atom. The number of aliphatic hydroxyl groups excluding tert-OH is 1. The molecule has 0 radical (unpaired) electrons.